The van der Waals surface area contributed by atoms with Gasteiger partial charge < -0.3 is 5.32 Å². The van der Waals surface area contributed by atoms with E-state index in [1.54, 1.807) is 0 Å². The second-order valence-electron chi connectivity index (χ2n) is 6.95. The van der Waals surface area contributed by atoms with Gasteiger partial charge in [0.05, 0.1) is 11.5 Å². The van der Waals surface area contributed by atoms with E-state index in [-0.39, 0.29) is 5.41 Å². The van der Waals surface area contributed by atoms with Crippen molar-refractivity contribution >= 4 is 9.84 Å². The Kier molecular flexibility index (Phi) is 5.10. The van der Waals surface area contributed by atoms with Gasteiger partial charge in [-0.15, -0.1) is 0 Å². The summed E-state index contributed by atoms with van der Waals surface area (Å²) in [6.45, 7) is 6.74. The van der Waals surface area contributed by atoms with Crippen molar-refractivity contribution in [2.45, 2.75) is 57.5 Å². The molecule has 1 aliphatic heterocycles. The van der Waals surface area contributed by atoms with Crippen LogP contribution in [0.5, 0.6) is 0 Å². The van der Waals surface area contributed by atoms with Crippen molar-refractivity contribution in [1.82, 2.24) is 5.32 Å². The first-order valence-electron chi connectivity index (χ1n) is 7.80. The molecule has 0 aliphatic carbocycles. The van der Waals surface area contributed by atoms with Crippen molar-refractivity contribution < 1.29 is 8.42 Å². The molecule has 4 heteroatoms. The maximum Gasteiger partial charge on any atom is 0.150 e. The molecular formula is C17H27NO2S. The van der Waals surface area contributed by atoms with Crippen LogP contribution in [0.4, 0.5) is 0 Å². The first kappa shape index (κ1) is 16.5. The van der Waals surface area contributed by atoms with Crippen LogP contribution in [0.2, 0.25) is 0 Å². The van der Waals surface area contributed by atoms with Gasteiger partial charge in [-0.2, -0.15) is 0 Å². The van der Waals surface area contributed by atoms with Crippen molar-refractivity contribution in [3.05, 3.63) is 35.9 Å². The molecule has 118 valence electrons. The second-order valence-corrected chi connectivity index (χ2v) is 9.25. The van der Waals surface area contributed by atoms with Gasteiger partial charge in [0.1, 0.15) is 9.84 Å². The topological polar surface area (TPSA) is 46.2 Å². The smallest absolute Gasteiger partial charge is 0.150 e. The maximum atomic E-state index is 11.5. The van der Waals surface area contributed by atoms with Gasteiger partial charge in [-0.05, 0) is 37.2 Å². The number of hydrogen-bond acceptors (Lipinski definition) is 3. The Balaban J connectivity index is 1.88. The summed E-state index contributed by atoms with van der Waals surface area (Å²) in [4.78, 5) is 0. The third kappa shape index (κ3) is 4.82. The zero-order chi connectivity index (χ0) is 15.5. The molecule has 1 N–H and O–H groups in total. The summed E-state index contributed by atoms with van der Waals surface area (Å²) in [5.41, 5.74) is 1.47. The molecule has 1 heterocycles. The standard InChI is InChI=1S/C17H27NO2S/c1-14(18-16-9-11-21(19,20)12-10-16)13-17(2,3)15-7-5-4-6-8-15/h4-8,14,16,18H,9-13H2,1-3H3. The third-order valence-electron chi connectivity index (χ3n) is 4.45. The molecule has 2 rings (SSSR count). The molecule has 0 aromatic heterocycles. The van der Waals surface area contributed by atoms with Gasteiger partial charge in [-0.3, -0.25) is 0 Å². The predicted octanol–water partition coefficient (Wildman–Crippen LogP) is 2.91. The highest BCUT2D eigenvalue weighted by Gasteiger charge is 2.27. The lowest BCUT2D eigenvalue weighted by Gasteiger charge is -2.32. The first-order chi connectivity index (χ1) is 9.78. The van der Waals surface area contributed by atoms with Crippen LogP contribution >= 0.6 is 0 Å². The molecule has 0 bridgehead atoms. The Hall–Kier alpha value is -0.870. The lowest BCUT2D eigenvalue weighted by atomic mass is 9.79. The Morgan fingerprint density at radius 2 is 1.76 bits per heavy atom. The third-order valence-corrected chi connectivity index (χ3v) is 6.16. The van der Waals surface area contributed by atoms with E-state index in [4.69, 9.17) is 0 Å². The highest BCUT2D eigenvalue weighted by Crippen LogP contribution is 2.28. The number of sulfone groups is 1. The lowest BCUT2D eigenvalue weighted by molar-refractivity contribution is 0.343. The van der Waals surface area contributed by atoms with Crippen molar-refractivity contribution in [2.24, 2.45) is 0 Å². The van der Waals surface area contributed by atoms with E-state index in [0.717, 1.165) is 19.3 Å². The maximum absolute atomic E-state index is 11.5. The summed E-state index contributed by atoms with van der Waals surface area (Å²) in [6, 6.07) is 11.3. The monoisotopic (exact) mass is 309 g/mol. The van der Waals surface area contributed by atoms with Crippen LogP contribution in [0.25, 0.3) is 0 Å². The zero-order valence-corrected chi connectivity index (χ0v) is 14.1. The van der Waals surface area contributed by atoms with Crippen molar-refractivity contribution in [3.8, 4) is 0 Å². The molecule has 1 fully saturated rings. The molecular weight excluding hydrogens is 282 g/mol. The van der Waals surface area contributed by atoms with Crippen LogP contribution in [0, 0.1) is 0 Å². The van der Waals surface area contributed by atoms with E-state index < -0.39 is 9.84 Å². The zero-order valence-electron chi connectivity index (χ0n) is 13.3. The first-order valence-corrected chi connectivity index (χ1v) is 9.63. The fraction of sp³-hybridized carbons (Fsp3) is 0.647. The summed E-state index contributed by atoms with van der Waals surface area (Å²) in [5.74, 6) is 0.666. The van der Waals surface area contributed by atoms with Crippen LogP contribution in [0.1, 0.15) is 45.6 Å². The van der Waals surface area contributed by atoms with Crippen molar-refractivity contribution in [2.75, 3.05) is 11.5 Å². The molecule has 0 radical (unpaired) electrons. The predicted molar refractivity (Wildman–Crippen MR) is 88.4 cm³/mol. The van der Waals surface area contributed by atoms with E-state index in [1.165, 1.54) is 5.56 Å². The number of rotatable bonds is 5. The van der Waals surface area contributed by atoms with Gasteiger partial charge in [-0.25, -0.2) is 8.42 Å². The average Bonchev–Trinajstić information content (AvgIpc) is 2.42. The van der Waals surface area contributed by atoms with Crippen LogP contribution in [0.15, 0.2) is 30.3 Å². The van der Waals surface area contributed by atoms with Crippen LogP contribution in [-0.4, -0.2) is 32.0 Å². The Bertz CT molecular complexity index is 537. The Morgan fingerprint density at radius 3 is 2.33 bits per heavy atom. The average molecular weight is 309 g/mol. The van der Waals surface area contributed by atoms with Gasteiger partial charge in [0.25, 0.3) is 0 Å². The van der Waals surface area contributed by atoms with E-state index in [0.29, 0.717) is 23.6 Å². The van der Waals surface area contributed by atoms with Crippen LogP contribution in [-0.2, 0) is 15.3 Å². The molecule has 21 heavy (non-hydrogen) atoms. The molecule has 1 aromatic rings. The quantitative estimate of drug-likeness (QED) is 0.909. The van der Waals surface area contributed by atoms with Crippen LogP contribution < -0.4 is 5.32 Å². The molecule has 3 nitrogen and oxygen atoms in total. The minimum absolute atomic E-state index is 0.119. The number of benzene rings is 1. The largest absolute Gasteiger partial charge is 0.311 e. The van der Waals surface area contributed by atoms with Gasteiger partial charge >= 0.3 is 0 Å². The number of nitrogens with one attached hydrogen (secondary N) is 1. The molecule has 1 atom stereocenters. The Morgan fingerprint density at radius 1 is 1.19 bits per heavy atom. The van der Waals surface area contributed by atoms with Crippen LogP contribution in [0.3, 0.4) is 0 Å². The lowest BCUT2D eigenvalue weighted by Crippen LogP contribution is -2.44. The van der Waals surface area contributed by atoms with Crippen molar-refractivity contribution in [3.63, 3.8) is 0 Å². The summed E-state index contributed by atoms with van der Waals surface area (Å²) in [7, 11) is -2.77. The van der Waals surface area contributed by atoms with E-state index in [9.17, 15) is 8.42 Å². The fourth-order valence-corrected chi connectivity index (χ4v) is 4.78. The molecule has 0 spiro atoms. The molecule has 0 amide bonds. The summed E-state index contributed by atoms with van der Waals surface area (Å²) < 4.78 is 22.9. The van der Waals surface area contributed by atoms with Crippen molar-refractivity contribution in [1.29, 1.82) is 0 Å². The van der Waals surface area contributed by atoms with Gasteiger partial charge in [-0.1, -0.05) is 44.2 Å². The van der Waals surface area contributed by atoms with Gasteiger partial charge in [0, 0.05) is 12.1 Å². The summed E-state index contributed by atoms with van der Waals surface area (Å²) in [6.07, 6.45) is 2.54. The second kappa shape index (κ2) is 6.49. The minimum atomic E-state index is -2.77. The molecule has 1 aromatic carbocycles. The fourth-order valence-electron chi connectivity index (χ4n) is 3.29. The van der Waals surface area contributed by atoms with E-state index in [1.807, 2.05) is 6.07 Å². The number of hydrogen-bond donors (Lipinski definition) is 1. The van der Waals surface area contributed by atoms with Gasteiger partial charge in [0.2, 0.25) is 0 Å². The highest BCUT2D eigenvalue weighted by molar-refractivity contribution is 7.91. The van der Waals surface area contributed by atoms with E-state index in [2.05, 4.69) is 50.4 Å². The minimum Gasteiger partial charge on any atom is -0.311 e. The molecule has 1 unspecified atom stereocenters. The molecule has 0 saturated carbocycles. The Labute approximate surface area is 129 Å². The SMILES string of the molecule is CC(CC(C)(C)c1ccccc1)NC1CCS(=O)(=O)CC1. The molecule has 1 aliphatic rings. The highest BCUT2D eigenvalue weighted by atomic mass is 32.2. The molecule has 1 saturated heterocycles. The van der Waals surface area contributed by atoms with E-state index >= 15 is 0 Å². The summed E-state index contributed by atoms with van der Waals surface area (Å²) >= 11 is 0. The normalized spacial score (nSPS) is 21.1. The van der Waals surface area contributed by atoms with Gasteiger partial charge in [0.15, 0.2) is 0 Å². The summed E-state index contributed by atoms with van der Waals surface area (Å²) in [5, 5.41) is 3.62.